The van der Waals surface area contributed by atoms with Crippen molar-refractivity contribution in [2.24, 2.45) is 0 Å². The van der Waals surface area contributed by atoms with Gasteiger partial charge in [-0.3, -0.25) is 0 Å². The van der Waals surface area contributed by atoms with Crippen LogP contribution in [0.4, 0.5) is 0 Å². The van der Waals surface area contributed by atoms with Gasteiger partial charge in [-0.15, -0.1) is 0 Å². The summed E-state index contributed by atoms with van der Waals surface area (Å²) in [6.07, 6.45) is 2.81. The lowest BCUT2D eigenvalue weighted by Crippen LogP contribution is -1.99. The van der Waals surface area contributed by atoms with E-state index in [1.54, 1.807) is 0 Å². The highest BCUT2D eigenvalue weighted by Gasteiger charge is 2.10. The number of carbonyl (C=O) groups is 4. The van der Waals surface area contributed by atoms with Crippen molar-refractivity contribution in [2.75, 3.05) is 0 Å². The maximum atomic E-state index is 9.92. The van der Waals surface area contributed by atoms with Crippen LogP contribution < -0.4 is 0 Å². The second kappa shape index (κ2) is 6.12. The highest BCUT2D eigenvalue weighted by Crippen LogP contribution is 1.92. The van der Waals surface area contributed by atoms with Gasteiger partial charge in [0, 0.05) is 23.8 Å². The van der Waals surface area contributed by atoms with E-state index >= 15 is 0 Å². The Bertz CT molecular complexity index is 373. The van der Waals surface area contributed by atoms with Crippen LogP contribution in [-0.2, 0) is 23.9 Å². The molecule has 0 atom stereocenters. The van der Waals surface area contributed by atoms with E-state index in [4.69, 9.17) is 10.2 Å². The van der Waals surface area contributed by atoms with Crippen molar-refractivity contribution in [2.45, 2.75) is 6.92 Å². The topological polar surface area (TPSA) is 118 Å². The first-order valence-electron chi connectivity index (χ1n) is 3.91. The average molecular weight is 228 g/mol. The normalized spacial score (nSPS) is 13.9. The minimum Gasteiger partial charge on any atom is -0.478 e. The van der Waals surface area contributed by atoms with Crippen molar-refractivity contribution in [3.05, 3.63) is 23.8 Å². The van der Waals surface area contributed by atoms with Crippen molar-refractivity contribution in [1.29, 1.82) is 0 Å². The van der Waals surface area contributed by atoms with Crippen LogP contribution in [0.25, 0.3) is 0 Å². The van der Waals surface area contributed by atoms with Crippen molar-refractivity contribution in [3.63, 3.8) is 0 Å². The quantitative estimate of drug-likeness (QED) is 0.379. The molecule has 0 spiro atoms. The Kier molecular flexibility index (Phi) is 5.19. The molecule has 7 heteroatoms. The number of ether oxygens (including phenoxy) is 1. The third-order valence-corrected chi connectivity index (χ3v) is 1.23. The van der Waals surface area contributed by atoms with Gasteiger partial charge in [-0.25, -0.2) is 19.2 Å². The maximum Gasteiger partial charge on any atom is 0.338 e. The Labute approximate surface area is 89.6 Å². The molecule has 0 aliphatic carbocycles. The summed E-state index contributed by atoms with van der Waals surface area (Å²) in [6.45, 7) is 1.22. The van der Waals surface area contributed by atoms with Crippen molar-refractivity contribution >= 4 is 23.9 Å². The van der Waals surface area contributed by atoms with Gasteiger partial charge in [0.15, 0.2) is 0 Å². The number of hydrogen-bond donors (Lipinski definition) is 2. The van der Waals surface area contributed by atoms with Crippen molar-refractivity contribution in [1.82, 2.24) is 0 Å². The molecule has 0 amide bonds. The molecular formula is C9H8O7. The predicted molar refractivity (Wildman–Crippen MR) is 49.3 cm³/mol. The molecule has 7 nitrogen and oxygen atoms in total. The lowest BCUT2D eigenvalue weighted by Gasteiger charge is -1.86. The van der Waals surface area contributed by atoms with Crippen LogP contribution in [0.2, 0.25) is 0 Å². The first kappa shape index (κ1) is 13.6. The fourth-order valence-corrected chi connectivity index (χ4v) is 0.550. The smallest absolute Gasteiger partial charge is 0.338 e. The zero-order valence-corrected chi connectivity index (χ0v) is 8.17. The number of carboxylic acid groups (broad SMARTS) is 2. The number of hydrogen-bond acceptors (Lipinski definition) is 5. The number of carbonyl (C=O) groups excluding carboxylic acids is 2. The Morgan fingerprint density at radius 1 is 1.19 bits per heavy atom. The number of carboxylic acids is 2. The fraction of sp³-hybridized carbons (Fsp3) is 0.111. The zero-order chi connectivity index (χ0) is 12.7. The van der Waals surface area contributed by atoms with E-state index in [9.17, 15) is 19.2 Å². The molecule has 0 unspecified atom stereocenters. The molecule has 1 heterocycles. The van der Waals surface area contributed by atoms with Crippen LogP contribution >= 0.6 is 0 Å². The lowest BCUT2D eigenvalue weighted by molar-refractivity contribution is -0.150. The highest BCUT2D eigenvalue weighted by atomic mass is 16.6. The van der Waals surface area contributed by atoms with Gasteiger partial charge in [0.1, 0.15) is 0 Å². The van der Waals surface area contributed by atoms with Gasteiger partial charge in [-0.1, -0.05) is 0 Å². The van der Waals surface area contributed by atoms with Crippen LogP contribution in [0, 0.1) is 0 Å². The van der Waals surface area contributed by atoms with E-state index in [2.05, 4.69) is 4.74 Å². The summed E-state index contributed by atoms with van der Waals surface area (Å²) in [7, 11) is 0. The molecule has 86 valence electrons. The third kappa shape index (κ3) is 6.08. The molecule has 16 heavy (non-hydrogen) atoms. The molecule has 0 radical (unpaired) electrons. The van der Waals surface area contributed by atoms with Crippen LogP contribution in [0.3, 0.4) is 0 Å². The SMILES string of the molecule is CC(=CC(=O)O)C(=O)O.O=C1C=CC(=O)O1. The Hall–Kier alpha value is -2.44. The van der Waals surface area contributed by atoms with Gasteiger partial charge in [0.25, 0.3) is 0 Å². The van der Waals surface area contributed by atoms with E-state index in [1.165, 1.54) is 6.92 Å². The summed E-state index contributed by atoms with van der Waals surface area (Å²) >= 11 is 0. The second-order valence-corrected chi connectivity index (χ2v) is 2.54. The summed E-state index contributed by atoms with van der Waals surface area (Å²) in [5.74, 6) is -3.61. The summed E-state index contributed by atoms with van der Waals surface area (Å²) in [5, 5.41) is 16.1. The maximum absolute atomic E-state index is 9.92. The number of esters is 2. The molecule has 0 fully saturated rings. The Morgan fingerprint density at radius 2 is 1.62 bits per heavy atom. The summed E-state index contributed by atoms with van der Waals surface area (Å²) < 4.78 is 3.97. The molecule has 0 aromatic rings. The monoisotopic (exact) mass is 228 g/mol. The van der Waals surface area contributed by atoms with Gasteiger partial charge in [-0.05, 0) is 6.92 Å². The van der Waals surface area contributed by atoms with Crippen LogP contribution in [0.15, 0.2) is 23.8 Å². The van der Waals surface area contributed by atoms with Gasteiger partial charge in [0.2, 0.25) is 0 Å². The van der Waals surface area contributed by atoms with E-state index in [0.29, 0.717) is 6.08 Å². The number of aliphatic carboxylic acids is 2. The second-order valence-electron chi connectivity index (χ2n) is 2.54. The molecular weight excluding hydrogens is 220 g/mol. The van der Waals surface area contributed by atoms with Crippen molar-refractivity contribution in [3.8, 4) is 0 Å². The molecule has 2 N–H and O–H groups in total. The van der Waals surface area contributed by atoms with Crippen LogP contribution in [0.5, 0.6) is 0 Å². The summed E-state index contributed by atoms with van der Waals surface area (Å²) in [6, 6.07) is 0. The van der Waals surface area contributed by atoms with E-state index in [-0.39, 0.29) is 5.57 Å². The minimum absolute atomic E-state index is 0.178. The Balaban J connectivity index is 0.000000288. The standard InChI is InChI=1S/C5H6O4.C4H2O3/c1-3(5(8)9)2-4(6)7;5-3-1-2-4(6)7-3/h2H,1H3,(H,6,7)(H,8,9);1-2H. The fourth-order valence-electron chi connectivity index (χ4n) is 0.550. The molecule has 1 aliphatic heterocycles. The largest absolute Gasteiger partial charge is 0.478 e. The van der Waals surface area contributed by atoms with Gasteiger partial charge in [-0.2, -0.15) is 0 Å². The van der Waals surface area contributed by atoms with E-state index < -0.39 is 23.9 Å². The number of cyclic esters (lactones) is 2. The third-order valence-electron chi connectivity index (χ3n) is 1.23. The average Bonchev–Trinajstić information content (AvgIpc) is 2.49. The predicted octanol–water partition coefficient (Wildman–Crippen LogP) is -0.272. The van der Waals surface area contributed by atoms with Gasteiger partial charge >= 0.3 is 23.9 Å². The molecule has 1 rings (SSSR count). The van der Waals surface area contributed by atoms with Gasteiger partial charge < -0.3 is 14.9 Å². The van der Waals surface area contributed by atoms with Crippen molar-refractivity contribution < 1.29 is 34.1 Å². The Morgan fingerprint density at radius 3 is 1.75 bits per heavy atom. The molecule has 0 aromatic heterocycles. The van der Waals surface area contributed by atoms with E-state index in [1.807, 2.05) is 0 Å². The minimum atomic E-state index is -1.24. The molecule has 1 aliphatic rings. The molecule has 0 saturated carbocycles. The first-order valence-corrected chi connectivity index (χ1v) is 3.91. The molecule has 0 saturated heterocycles. The van der Waals surface area contributed by atoms with E-state index in [0.717, 1.165) is 12.2 Å². The summed E-state index contributed by atoms with van der Waals surface area (Å²) in [4.78, 5) is 39.5. The van der Waals surface area contributed by atoms with Gasteiger partial charge in [0.05, 0.1) is 0 Å². The lowest BCUT2D eigenvalue weighted by atomic mass is 10.3. The zero-order valence-electron chi connectivity index (χ0n) is 8.17. The first-order chi connectivity index (χ1) is 7.32. The molecule has 0 aromatic carbocycles. The molecule has 0 bridgehead atoms. The highest BCUT2D eigenvalue weighted by molar-refractivity contribution is 6.04. The number of rotatable bonds is 2. The van der Waals surface area contributed by atoms with Crippen LogP contribution in [-0.4, -0.2) is 34.1 Å². The van der Waals surface area contributed by atoms with Crippen LogP contribution in [0.1, 0.15) is 6.92 Å². The summed E-state index contributed by atoms with van der Waals surface area (Å²) in [5.41, 5.74) is -0.178.